The lowest BCUT2D eigenvalue weighted by Crippen LogP contribution is -2.55. The molecule has 0 spiro atoms. The number of nitrogens with one attached hydrogen (secondary N) is 3. The van der Waals surface area contributed by atoms with E-state index in [-0.39, 0.29) is 23.9 Å². The number of fused-ring (bicyclic) bond motifs is 1. The molecule has 2 aliphatic heterocycles. The normalized spacial score (nSPS) is 21.2. The zero-order valence-corrected chi connectivity index (χ0v) is 19.1. The Hall–Kier alpha value is -3.64. The largest absolute Gasteiger partial charge is 0.361 e. The number of hydrogen-bond donors (Lipinski definition) is 3. The first-order chi connectivity index (χ1) is 15.9. The van der Waals surface area contributed by atoms with Gasteiger partial charge in [0.05, 0.1) is 11.1 Å². The van der Waals surface area contributed by atoms with Gasteiger partial charge in [0.15, 0.2) is 0 Å². The van der Waals surface area contributed by atoms with Crippen molar-refractivity contribution in [3.05, 3.63) is 77.1 Å². The van der Waals surface area contributed by atoms with Crippen LogP contribution in [0.5, 0.6) is 0 Å². The zero-order valence-electron chi connectivity index (χ0n) is 19.1. The number of aromatic nitrogens is 1. The Morgan fingerprint density at radius 3 is 2.48 bits per heavy atom. The van der Waals surface area contributed by atoms with E-state index in [1.165, 1.54) is 0 Å². The molecule has 6 nitrogen and oxygen atoms in total. The smallest absolute Gasteiger partial charge is 0.256 e. The molecule has 1 aromatic heterocycles. The number of anilines is 1. The van der Waals surface area contributed by atoms with Gasteiger partial charge in [-0.3, -0.25) is 9.59 Å². The van der Waals surface area contributed by atoms with Gasteiger partial charge < -0.3 is 20.5 Å². The summed E-state index contributed by atoms with van der Waals surface area (Å²) >= 11 is 0. The van der Waals surface area contributed by atoms with Gasteiger partial charge in [-0.1, -0.05) is 42.5 Å². The Kier molecular flexibility index (Phi) is 5.38. The monoisotopic (exact) mass is 440 g/mol. The maximum Gasteiger partial charge on any atom is 0.256 e. The summed E-state index contributed by atoms with van der Waals surface area (Å²) in [6.45, 7) is 7.48. The maximum absolute atomic E-state index is 13.2. The van der Waals surface area contributed by atoms with Gasteiger partial charge in [0.25, 0.3) is 11.8 Å². The number of hydrogen-bond acceptors (Lipinski definition) is 3. The third-order valence-electron chi connectivity index (χ3n) is 6.46. The van der Waals surface area contributed by atoms with Crippen LogP contribution in [0.4, 0.5) is 5.69 Å². The molecule has 6 heteroatoms. The first kappa shape index (κ1) is 21.2. The van der Waals surface area contributed by atoms with Crippen LogP contribution in [0.15, 0.2) is 54.7 Å². The number of rotatable bonds is 3. The minimum Gasteiger partial charge on any atom is -0.361 e. The average molecular weight is 441 g/mol. The predicted octanol–water partition coefficient (Wildman–Crippen LogP) is 4.31. The zero-order chi connectivity index (χ0) is 23.1. The van der Waals surface area contributed by atoms with E-state index >= 15 is 0 Å². The summed E-state index contributed by atoms with van der Waals surface area (Å²) in [4.78, 5) is 31.3. The second-order valence-electron chi connectivity index (χ2n) is 9.03. The van der Waals surface area contributed by atoms with Gasteiger partial charge in [0.2, 0.25) is 0 Å². The van der Waals surface area contributed by atoms with Crippen LogP contribution >= 0.6 is 0 Å². The summed E-state index contributed by atoms with van der Waals surface area (Å²) in [6.07, 6.45) is 3.63. The highest BCUT2D eigenvalue weighted by Gasteiger charge is 2.30. The van der Waals surface area contributed by atoms with Gasteiger partial charge in [-0.05, 0) is 49.6 Å². The van der Waals surface area contributed by atoms with Crippen LogP contribution in [0.2, 0.25) is 0 Å². The number of benzene rings is 2. The molecule has 5 rings (SSSR count). The Morgan fingerprint density at radius 1 is 1.03 bits per heavy atom. The topological polar surface area (TPSA) is 77.2 Å². The van der Waals surface area contributed by atoms with Crippen molar-refractivity contribution in [2.45, 2.75) is 32.9 Å². The Labute approximate surface area is 193 Å². The SMILES string of the molecule is Cc1c(C(=O)N2C[C@H](C)N[C@@H](C)C2)c[nH]c1/C=C1\C(=O)Nc2cccc(-c3ccccc3)c21. The number of aromatic amines is 1. The molecule has 168 valence electrons. The third-order valence-corrected chi connectivity index (χ3v) is 6.46. The lowest BCUT2D eigenvalue weighted by molar-refractivity contribution is -0.110. The average Bonchev–Trinajstić information content (AvgIpc) is 3.32. The molecule has 0 saturated carbocycles. The molecule has 1 fully saturated rings. The number of carbonyl (C=O) groups excluding carboxylic acids is 2. The van der Waals surface area contributed by atoms with Gasteiger partial charge in [-0.25, -0.2) is 0 Å². The molecule has 1 saturated heterocycles. The van der Waals surface area contributed by atoms with Crippen molar-refractivity contribution in [2.24, 2.45) is 0 Å². The first-order valence-electron chi connectivity index (χ1n) is 11.4. The summed E-state index contributed by atoms with van der Waals surface area (Å²) < 4.78 is 0. The summed E-state index contributed by atoms with van der Waals surface area (Å²) in [6, 6.07) is 16.5. The molecular weight excluding hydrogens is 412 g/mol. The highest BCUT2D eigenvalue weighted by molar-refractivity contribution is 6.36. The van der Waals surface area contributed by atoms with Gasteiger partial charge in [0, 0.05) is 48.3 Å². The van der Waals surface area contributed by atoms with Gasteiger partial charge in [-0.2, -0.15) is 0 Å². The Morgan fingerprint density at radius 2 is 1.76 bits per heavy atom. The van der Waals surface area contributed by atoms with E-state index in [4.69, 9.17) is 0 Å². The van der Waals surface area contributed by atoms with Crippen molar-refractivity contribution >= 4 is 29.2 Å². The van der Waals surface area contributed by atoms with Crippen molar-refractivity contribution in [3.63, 3.8) is 0 Å². The van der Waals surface area contributed by atoms with E-state index < -0.39 is 0 Å². The third kappa shape index (κ3) is 3.87. The van der Waals surface area contributed by atoms with Crippen LogP contribution in [0.25, 0.3) is 22.8 Å². The van der Waals surface area contributed by atoms with Gasteiger partial charge in [-0.15, -0.1) is 0 Å². The fraction of sp³-hybridized carbons (Fsp3) is 0.259. The summed E-state index contributed by atoms with van der Waals surface area (Å²) in [5, 5.41) is 6.45. The van der Waals surface area contributed by atoms with Crippen molar-refractivity contribution in [2.75, 3.05) is 18.4 Å². The number of H-pyrrole nitrogens is 1. The fourth-order valence-corrected chi connectivity index (χ4v) is 4.94. The van der Waals surface area contributed by atoms with Crippen molar-refractivity contribution in [3.8, 4) is 11.1 Å². The Balaban J connectivity index is 1.52. The second kappa shape index (κ2) is 8.37. The van der Waals surface area contributed by atoms with E-state index in [1.54, 1.807) is 6.20 Å². The molecule has 2 aromatic carbocycles. The fourth-order valence-electron chi connectivity index (χ4n) is 4.94. The summed E-state index contributed by atoms with van der Waals surface area (Å²) in [5.41, 5.74) is 6.62. The van der Waals surface area contributed by atoms with Crippen LogP contribution < -0.4 is 10.6 Å². The molecule has 2 aliphatic rings. The van der Waals surface area contributed by atoms with Crippen LogP contribution in [0.3, 0.4) is 0 Å². The molecule has 33 heavy (non-hydrogen) atoms. The van der Waals surface area contributed by atoms with Gasteiger partial charge in [0.1, 0.15) is 0 Å². The van der Waals surface area contributed by atoms with Crippen LogP contribution in [0.1, 0.15) is 41.0 Å². The van der Waals surface area contributed by atoms with Crippen molar-refractivity contribution < 1.29 is 9.59 Å². The van der Waals surface area contributed by atoms with Crippen LogP contribution in [0, 0.1) is 6.92 Å². The number of nitrogens with zero attached hydrogens (tertiary/aromatic N) is 1. The highest BCUT2D eigenvalue weighted by atomic mass is 16.2. The number of piperazine rings is 1. The van der Waals surface area contributed by atoms with Crippen molar-refractivity contribution in [1.29, 1.82) is 0 Å². The molecule has 0 bridgehead atoms. The quantitative estimate of drug-likeness (QED) is 0.532. The van der Waals surface area contributed by atoms with Crippen LogP contribution in [-0.4, -0.2) is 46.9 Å². The molecule has 0 aliphatic carbocycles. The molecular formula is C27H28N4O2. The van der Waals surface area contributed by atoms with E-state index in [2.05, 4.69) is 29.5 Å². The molecule has 0 radical (unpaired) electrons. The number of carbonyl (C=O) groups is 2. The van der Waals surface area contributed by atoms with Crippen molar-refractivity contribution in [1.82, 2.24) is 15.2 Å². The Bertz CT molecular complexity index is 1250. The highest BCUT2D eigenvalue weighted by Crippen LogP contribution is 2.40. The molecule has 2 amide bonds. The minimum atomic E-state index is -0.139. The second-order valence-corrected chi connectivity index (χ2v) is 9.03. The van der Waals surface area contributed by atoms with E-state index in [0.717, 1.165) is 33.6 Å². The lowest BCUT2D eigenvalue weighted by Gasteiger charge is -2.36. The summed E-state index contributed by atoms with van der Waals surface area (Å²) in [5.74, 6) is -0.116. The molecule has 3 N–H and O–H groups in total. The van der Waals surface area contributed by atoms with E-state index in [0.29, 0.717) is 24.2 Å². The summed E-state index contributed by atoms with van der Waals surface area (Å²) in [7, 11) is 0. The predicted molar refractivity (Wildman–Crippen MR) is 132 cm³/mol. The molecule has 2 atom stereocenters. The standard InChI is InChI=1S/C27H28N4O2/c1-16-14-31(15-17(2)29-16)27(33)22-13-28-24(18(22)3)12-21-25-20(19-8-5-4-6-9-19)10-7-11-23(25)30-26(21)32/h4-13,16-17,28-29H,14-15H2,1-3H3,(H,30,32)/b21-12-/t16-,17-/m0/s1. The molecule has 0 unspecified atom stereocenters. The lowest BCUT2D eigenvalue weighted by atomic mass is 9.94. The minimum absolute atomic E-state index is 0.0230. The first-order valence-corrected chi connectivity index (χ1v) is 11.4. The maximum atomic E-state index is 13.2. The van der Waals surface area contributed by atoms with Crippen LogP contribution in [-0.2, 0) is 4.79 Å². The molecule has 3 aromatic rings. The van der Waals surface area contributed by atoms with E-state index in [1.807, 2.05) is 66.4 Å². The van der Waals surface area contributed by atoms with E-state index in [9.17, 15) is 9.59 Å². The molecule has 3 heterocycles. The number of amides is 2. The van der Waals surface area contributed by atoms with Gasteiger partial charge >= 0.3 is 0 Å².